The number of nitrogens with zero attached hydrogens (tertiary/aromatic N) is 3. The molecule has 0 aliphatic rings. The number of halogens is 2. The van der Waals surface area contributed by atoms with E-state index in [4.69, 9.17) is 0 Å². The number of para-hydroxylation sites is 1. The molecule has 2 aromatic rings. The maximum Gasteiger partial charge on any atom is 0.272 e. The van der Waals surface area contributed by atoms with E-state index in [1.807, 2.05) is 6.92 Å². The zero-order valence-corrected chi connectivity index (χ0v) is 13.0. The van der Waals surface area contributed by atoms with E-state index < -0.39 is 11.6 Å². The van der Waals surface area contributed by atoms with Crippen molar-refractivity contribution in [2.75, 3.05) is 18.9 Å². The number of rotatable bonds is 6. The number of benzene rings is 1. The fourth-order valence-corrected chi connectivity index (χ4v) is 1.98. The topological polar surface area (TPSA) is 58.1 Å². The molecule has 0 saturated heterocycles. The molecule has 1 heterocycles. The standard InChI is InChI=1S/C16H18F2N4O/c1-3-4-8-22(2)16(23)13-9-14(20-10-19-13)21-15-11(17)6-5-7-12(15)18/h5-7,9-10H,3-4,8H2,1-2H3,(H,19,20,21). The molecule has 2 rings (SSSR count). The highest BCUT2D eigenvalue weighted by Crippen LogP contribution is 2.22. The molecule has 1 aromatic carbocycles. The largest absolute Gasteiger partial charge is 0.340 e. The van der Waals surface area contributed by atoms with Crippen LogP contribution in [-0.2, 0) is 0 Å². The minimum absolute atomic E-state index is 0.149. The molecule has 0 bridgehead atoms. The number of aromatic nitrogens is 2. The Morgan fingerprint density at radius 2 is 1.96 bits per heavy atom. The van der Waals surface area contributed by atoms with E-state index in [9.17, 15) is 13.6 Å². The molecule has 0 unspecified atom stereocenters. The summed E-state index contributed by atoms with van der Waals surface area (Å²) in [6.45, 7) is 2.65. The number of carbonyl (C=O) groups excluding carboxylic acids is 1. The van der Waals surface area contributed by atoms with E-state index in [-0.39, 0.29) is 23.1 Å². The molecular weight excluding hydrogens is 302 g/mol. The highest BCUT2D eigenvalue weighted by atomic mass is 19.1. The molecule has 23 heavy (non-hydrogen) atoms. The minimum Gasteiger partial charge on any atom is -0.340 e. The van der Waals surface area contributed by atoms with Gasteiger partial charge < -0.3 is 10.2 Å². The molecule has 1 aromatic heterocycles. The van der Waals surface area contributed by atoms with Crippen molar-refractivity contribution >= 4 is 17.4 Å². The van der Waals surface area contributed by atoms with Crippen LogP contribution < -0.4 is 5.32 Å². The highest BCUT2D eigenvalue weighted by molar-refractivity contribution is 5.92. The molecule has 0 saturated carbocycles. The number of anilines is 2. The van der Waals surface area contributed by atoms with Gasteiger partial charge in [-0.25, -0.2) is 18.7 Å². The average Bonchev–Trinajstić information content (AvgIpc) is 2.55. The Labute approximate surface area is 133 Å². The molecule has 1 amide bonds. The predicted molar refractivity (Wildman–Crippen MR) is 83.5 cm³/mol. The first kappa shape index (κ1) is 16.8. The summed E-state index contributed by atoms with van der Waals surface area (Å²) < 4.78 is 27.3. The summed E-state index contributed by atoms with van der Waals surface area (Å²) in [6, 6.07) is 4.92. The van der Waals surface area contributed by atoms with E-state index in [1.54, 1.807) is 11.9 Å². The lowest BCUT2D eigenvalue weighted by atomic mass is 10.2. The average molecular weight is 320 g/mol. The molecule has 1 N–H and O–H groups in total. The first-order valence-corrected chi connectivity index (χ1v) is 7.31. The zero-order valence-electron chi connectivity index (χ0n) is 13.0. The molecular formula is C16H18F2N4O. The van der Waals surface area contributed by atoms with Gasteiger partial charge in [0.2, 0.25) is 0 Å². The molecule has 0 spiro atoms. The zero-order chi connectivity index (χ0) is 16.8. The van der Waals surface area contributed by atoms with Gasteiger partial charge in [0.25, 0.3) is 5.91 Å². The van der Waals surface area contributed by atoms with E-state index in [1.165, 1.54) is 18.5 Å². The Hall–Kier alpha value is -2.57. The van der Waals surface area contributed by atoms with Gasteiger partial charge in [-0.1, -0.05) is 19.4 Å². The van der Waals surface area contributed by atoms with Crippen LogP contribution in [0.25, 0.3) is 0 Å². The van der Waals surface area contributed by atoms with Gasteiger partial charge in [0.1, 0.15) is 35.2 Å². The van der Waals surface area contributed by atoms with E-state index >= 15 is 0 Å². The number of carbonyl (C=O) groups is 1. The third kappa shape index (κ3) is 4.21. The van der Waals surface area contributed by atoms with Gasteiger partial charge in [-0.15, -0.1) is 0 Å². The highest BCUT2D eigenvalue weighted by Gasteiger charge is 2.15. The summed E-state index contributed by atoms with van der Waals surface area (Å²) in [7, 11) is 1.68. The smallest absolute Gasteiger partial charge is 0.272 e. The quantitative estimate of drug-likeness (QED) is 0.886. The molecule has 0 aliphatic heterocycles. The predicted octanol–water partition coefficient (Wildman–Crippen LogP) is 3.37. The maximum absolute atomic E-state index is 13.6. The second-order valence-corrected chi connectivity index (χ2v) is 5.09. The number of nitrogens with one attached hydrogen (secondary N) is 1. The van der Waals surface area contributed by atoms with Crippen molar-refractivity contribution in [1.29, 1.82) is 0 Å². The normalized spacial score (nSPS) is 10.4. The number of amides is 1. The van der Waals surface area contributed by atoms with Gasteiger partial charge in [-0.05, 0) is 18.6 Å². The molecule has 0 radical (unpaired) electrons. The van der Waals surface area contributed by atoms with Gasteiger partial charge in [-0.3, -0.25) is 4.79 Å². The first-order chi connectivity index (χ1) is 11.0. The van der Waals surface area contributed by atoms with Crippen LogP contribution in [0.1, 0.15) is 30.3 Å². The summed E-state index contributed by atoms with van der Waals surface area (Å²) in [5.74, 6) is -1.60. The molecule has 122 valence electrons. The van der Waals surface area contributed by atoms with E-state index in [0.717, 1.165) is 25.0 Å². The third-order valence-electron chi connectivity index (χ3n) is 3.30. The number of unbranched alkanes of at least 4 members (excludes halogenated alkanes) is 1. The second kappa shape index (κ2) is 7.62. The maximum atomic E-state index is 13.6. The second-order valence-electron chi connectivity index (χ2n) is 5.09. The van der Waals surface area contributed by atoms with Crippen molar-refractivity contribution in [2.24, 2.45) is 0 Å². The Bertz CT molecular complexity index is 673. The van der Waals surface area contributed by atoms with Crippen molar-refractivity contribution in [2.45, 2.75) is 19.8 Å². The van der Waals surface area contributed by atoms with Gasteiger partial charge >= 0.3 is 0 Å². The fourth-order valence-electron chi connectivity index (χ4n) is 1.98. The summed E-state index contributed by atoms with van der Waals surface area (Å²) in [4.78, 5) is 21.6. The number of hydrogen-bond acceptors (Lipinski definition) is 4. The monoisotopic (exact) mass is 320 g/mol. The molecule has 0 fully saturated rings. The first-order valence-electron chi connectivity index (χ1n) is 7.31. The van der Waals surface area contributed by atoms with Crippen molar-refractivity contribution < 1.29 is 13.6 Å². The van der Waals surface area contributed by atoms with Crippen LogP contribution >= 0.6 is 0 Å². The van der Waals surface area contributed by atoms with Crippen molar-refractivity contribution in [3.8, 4) is 0 Å². The lowest BCUT2D eigenvalue weighted by Gasteiger charge is -2.16. The summed E-state index contributed by atoms with van der Waals surface area (Å²) in [6.07, 6.45) is 3.04. The van der Waals surface area contributed by atoms with Crippen LogP contribution in [0.2, 0.25) is 0 Å². The third-order valence-corrected chi connectivity index (χ3v) is 3.30. The van der Waals surface area contributed by atoms with Crippen LogP contribution in [0.3, 0.4) is 0 Å². The molecule has 5 nitrogen and oxygen atoms in total. The Morgan fingerprint density at radius 1 is 1.26 bits per heavy atom. The van der Waals surface area contributed by atoms with Crippen LogP contribution in [-0.4, -0.2) is 34.4 Å². The van der Waals surface area contributed by atoms with Crippen LogP contribution in [0.5, 0.6) is 0 Å². The van der Waals surface area contributed by atoms with E-state index in [0.29, 0.717) is 6.54 Å². The van der Waals surface area contributed by atoms with Crippen LogP contribution in [0.4, 0.5) is 20.3 Å². The summed E-state index contributed by atoms with van der Waals surface area (Å²) in [5.41, 5.74) is -0.151. The van der Waals surface area contributed by atoms with E-state index in [2.05, 4.69) is 15.3 Å². The van der Waals surface area contributed by atoms with Crippen LogP contribution in [0, 0.1) is 11.6 Å². The summed E-state index contributed by atoms with van der Waals surface area (Å²) in [5, 5.41) is 2.55. The Kier molecular flexibility index (Phi) is 5.56. The van der Waals surface area contributed by atoms with Crippen molar-refractivity contribution in [3.05, 3.63) is 47.9 Å². The summed E-state index contributed by atoms with van der Waals surface area (Å²) >= 11 is 0. The molecule has 7 heteroatoms. The van der Waals surface area contributed by atoms with Gasteiger partial charge in [0, 0.05) is 19.7 Å². The Balaban J connectivity index is 2.18. The van der Waals surface area contributed by atoms with Gasteiger partial charge in [0.05, 0.1) is 0 Å². The van der Waals surface area contributed by atoms with Crippen molar-refractivity contribution in [1.82, 2.24) is 14.9 Å². The van der Waals surface area contributed by atoms with Crippen molar-refractivity contribution in [3.63, 3.8) is 0 Å². The Morgan fingerprint density at radius 3 is 2.61 bits per heavy atom. The van der Waals surface area contributed by atoms with Crippen LogP contribution in [0.15, 0.2) is 30.6 Å². The lowest BCUT2D eigenvalue weighted by Crippen LogP contribution is -2.28. The minimum atomic E-state index is -0.739. The lowest BCUT2D eigenvalue weighted by molar-refractivity contribution is 0.0787. The SMILES string of the molecule is CCCCN(C)C(=O)c1cc(Nc2c(F)cccc2F)ncn1. The van der Waals surface area contributed by atoms with Gasteiger partial charge in [0.15, 0.2) is 0 Å². The number of hydrogen-bond donors (Lipinski definition) is 1. The molecule has 0 aliphatic carbocycles. The van der Waals surface area contributed by atoms with Gasteiger partial charge in [-0.2, -0.15) is 0 Å². The molecule has 0 atom stereocenters. The fraction of sp³-hybridized carbons (Fsp3) is 0.312.